The molecule has 0 radical (unpaired) electrons. The minimum absolute atomic E-state index is 0.00595. The molecule has 0 aliphatic carbocycles. The van der Waals surface area contributed by atoms with E-state index in [1.54, 1.807) is 18.2 Å². The highest BCUT2D eigenvalue weighted by Crippen LogP contribution is 2.22. The van der Waals surface area contributed by atoms with Crippen LogP contribution in [0.15, 0.2) is 24.3 Å². The summed E-state index contributed by atoms with van der Waals surface area (Å²) in [6, 6.07) is 4.83. The number of hydrogen-bond acceptors (Lipinski definition) is 4. The van der Waals surface area contributed by atoms with Crippen molar-refractivity contribution < 1.29 is 18.0 Å². The average molecular weight is 377 g/mol. The highest BCUT2D eigenvalue weighted by Gasteiger charge is 2.32. The first-order chi connectivity index (χ1) is 10.8. The predicted octanol–water partition coefficient (Wildman–Crippen LogP) is 1.59. The first-order valence-electron chi connectivity index (χ1n) is 6.70. The van der Waals surface area contributed by atoms with E-state index >= 15 is 0 Å². The Balaban J connectivity index is 1.85. The standard InChI is InChI=1S/C14H14Cl2N2O4S/c15-11-3-1-9(12(16)7-11)2-4-13(19)17-18-14(20)10-5-6-23(21,22)8-10/h1-4,7,10H,5-6,8H2,(H,17,19)(H,18,20)/b4-2+/t10-/m1/s1. The number of nitrogens with one attached hydrogen (secondary N) is 2. The molecule has 1 aromatic rings. The van der Waals surface area contributed by atoms with Crippen molar-refractivity contribution in [3.8, 4) is 0 Å². The first kappa shape index (κ1) is 17.8. The molecule has 124 valence electrons. The van der Waals surface area contributed by atoms with Gasteiger partial charge in [0, 0.05) is 16.1 Å². The van der Waals surface area contributed by atoms with E-state index in [0.717, 1.165) is 0 Å². The molecule has 1 aromatic carbocycles. The van der Waals surface area contributed by atoms with E-state index in [9.17, 15) is 18.0 Å². The summed E-state index contributed by atoms with van der Waals surface area (Å²) < 4.78 is 22.6. The zero-order valence-corrected chi connectivity index (χ0v) is 14.2. The van der Waals surface area contributed by atoms with Crippen LogP contribution in [0.1, 0.15) is 12.0 Å². The van der Waals surface area contributed by atoms with Crippen LogP contribution in [0.4, 0.5) is 0 Å². The van der Waals surface area contributed by atoms with Gasteiger partial charge in [0.1, 0.15) is 0 Å². The number of sulfone groups is 1. The molecule has 1 atom stereocenters. The van der Waals surface area contributed by atoms with Crippen molar-refractivity contribution in [1.82, 2.24) is 10.9 Å². The van der Waals surface area contributed by atoms with Gasteiger partial charge in [-0.3, -0.25) is 20.4 Å². The third kappa shape index (κ3) is 5.23. The number of hydrogen-bond donors (Lipinski definition) is 2. The summed E-state index contributed by atoms with van der Waals surface area (Å²) in [5.41, 5.74) is 5.01. The molecule has 6 nitrogen and oxygen atoms in total. The van der Waals surface area contributed by atoms with Crippen molar-refractivity contribution in [1.29, 1.82) is 0 Å². The minimum Gasteiger partial charge on any atom is -0.273 e. The Kier molecular flexibility index (Phi) is 5.67. The van der Waals surface area contributed by atoms with Gasteiger partial charge in [-0.15, -0.1) is 0 Å². The van der Waals surface area contributed by atoms with E-state index < -0.39 is 27.6 Å². The Morgan fingerprint density at radius 2 is 1.96 bits per heavy atom. The molecule has 23 heavy (non-hydrogen) atoms. The Morgan fingerprint density at radius 3 is 2.57 bits per heavy atom. The molecule has 0 saturated carbocycles. The van der Waals surface area contributed by atoms with Gasteiger partial charge in [0.25, 0.3) is 5.91 Å². The van der Waals surface area contributed by atoms with E-state index in [1.165, 1.54) is 12.2 Å². The van der Waals surface area contributed by atoms with E-state index in [4.69, 9.17) is 23.2 Å². The second-order valence-corrected chi connectivity index (χ2v) is 8.15. The van der Waals surface area contributed by atoms with Gasteiger partial charge >= 0.3 is 0 Å². The van der Waals surface area contributed by atoms with Crippen molar-refractivity contribution in [2.24, 2.45) is 5.92 Å². The maximum atomic E-state index is 11.8. The van der Waals surface area contributed by atoms with Crippen LogP contribution >= 0.6 is 23.2 Å². The first-order valence-corrected chi connectivity index (χ1v) is 9.28. The summed E-state index contributed by atoms with van der Waals surface area (Å²) in [7, 11) is -3.15. The molecule has 1 heterocycles. The summed E-state index contributed by atoms with van der Waals surface area (Å²) in [6.45, 7) is 0. The summed E-state index contributed by atoms with van der Waals surface area (Å²) in [4.78, 5) is 23.4. The predicted molar refractivity (Wildman–Crippen MR) is 88.5 cm³/mol. The minimum atomic E-state index is -3.15. The molecule has 2 rings (SSSR count). The number of hydrazine groups is 1. The fourth-order valence-electron chi connectivity index (χ4n) is 2.07. The maximum absolute atomic E-state index is 11.8. The van der Waals surface area contributed by atoms with Crippen LogP contribution in [0.3, 0.4) is 0 Å². The van der Waals surface area contributed by atoms with Crippen molar-refractivity contribution >= 4 is 50.9 Å². The molecular formula is C14H14Cl2N2O4S. The summed E-state index contributed by atoms with van der Waals surface area (Å²) in [6.07, 6.45) is 2.93. The van der Waals surface area contributed by atoms with Gasteiger partial charge in [-0.25, -0.2) is 8.42 Å². The smallest absolute Gasteiger partial charge is 0.262 e. The number of rotatable bonds is 3. The van der Waals surface area contributed by atoms with Gasteiger partial charge in [0.2, 0.25) is 5.91 Å². The maximum Gasteiger partial charge on any atom is 0.262 e. The van der Waals surface area contributed by atoms with Crippen molar-refractivity contribution in [3.05, 3.63) is 39.9 Å². The highest BCUT2D eigenvalue weighted by molar-refractivity contribution is 7.91. The molecule has 0 bridgehead atoms. The Morgan fingerprint density at radius 1 is 1.22 bits per heavy atom. The van der Waals surface area contributed by atoms with Crippen molar-refractivity contribution in [2.45, 2.75) is 6.42 Å². The number of carbonyl (C=O) groups excluding carboxylic acids is 2. The Bertz CT molecular complexity index is 762. The molecule has 2 N–H and O–H groups in total. The number of amides is 2. The number of carbonyl (C=O) groups is 2. The SMILES string of the molecule is O=C(/C=C/c1ccc(Cl)cc1Cl)NNC(=O)[C@@H]1CCS(=O)(=O)C1. The third-order valence-corrected chi connectivity index (χ3v) is 5.62. The molecule has 0 spiro atoms. The van der Waals surface area contributed by atoms with Crippen LogP contribution in [-0.4, -0.2) is 31.7 Å². The summed E-state index contributed by atoms with van der Waals surface area (Å²) in [5, 5.41) is 0.872. The lowest BCUT2D eigenvalue weighted by Gasteiger charge is -2.09. The lowest BCUT2D eigenvalue weighted by molar-refractivity contribution is -0.129. The van der Waals surface area contributed by atoms with E-state index in [1.807, 2.05) is 0 Å². The van der Waals surface area contributed by atoms with Gasteiger partial charge < -0.3 is 0 Å². The normalized spacial score (nSPS) is 19.7. The van der Waals surface area contributed by atoms with E-state index in [2.05, 4.69) is 10.9 Å². The zero-order valence-electron chi connectivity index (χ0n) is 11.9. The quantitative estimate of drug-likeness (QED) is 0.618. The molecule has 0 aromatic heterocycles. The molecule has 1 saturated heterocycles. The third-order valence-electron chi connectivity index (χ3n) is 3.29. The Hall–Kier alpha value is -1.57. The van der Waals surface area contributed by atoms with Gasteiger partial charge in [0.15, 0.2) is 9.84 Å². The monoisotopic (exact) mass is 376 g/mol. The van der Waals surface area contributed by atoms with Gasteiger partial charge in [-0.1, -0.05) is 29.3 Å². The summed E-state index contributed by atoms with van der Waals surface area (Å²) >= 11 is 11.7. The molecule has 1 aliphatic rings. The molecule has 9 heteroatoms. The number of halogens is 2. The summed E-state index contributed by atoms with van der Waals surface area (Å²) in [5.74, 6) is -1.91. The Labute approximate surface area is 143 Å². The van der Waals surface area contributed by atoms with Crippen LogP contribution in [0.2, 0.25) is 10.0 Å². The fraction of sp³-hybridized carbons (Fsp3) is 0.286. The van der Waals surface area contributed by atoms with Crippen molar-refractivity contribution in [2.75, 3.05) is 11.5 Å². The van der Waals surface area contributed by atoms with Crippen LogP contribution < -0.4 is 10.9 Å². The molecular weight excluding hydrogens is 363 g/mol. The van der Waals surface area contributed by atoms with Gasteiger partial charge in [0.05, 0.1) is 17.4 Å². The van der Waals surface area contributed by atoms with Gasteiger partial charge in [-0.2, -0.15) is 0 Å². The topological polar surface area (TPSA) is 92.3 Å². The van der Waals surface area contributed by atoms with E-state index in [-0.39, 0.29) is 17.9 Å². The number of benzene rings is 1. The van der Waals surface area contributed by atoms with Crippen LogP contribution in [0, 0.1) is 5.92 Å². The van der Waals surface area contributed by atoms with Gasteiger partial charge in [-0.05, 0) is 30.2 Å². The molecule has 2 amide bonds. The second kappa shape index (κ2) is 7.33. The average Bonchev–Trinajstić information content (AvgIpc) is 2.84. The van der Waals surface area contributed by atoms with Crippen LogP contribution in [0.5, 0.6) is 0 Å². The molecule has 1 fully saturated rings. The molecule has 0 unspecified atom stereocenters. The van der Waals surface area contributed by atoms with Crippen LogP contribution in [-0.2, 0) is 19.4 Å². The fourth-order valence-corrected chi connectivity index (χ4v) is 4.28. The molecule has 1 aliphatic heterocycles. The van der Waals surface area contributed by atoms with Crippen LogP contribution in [0.25, 0.3) is 6.08 Å². The lowest BCUT2D eigenvalue weighted by atomic mass is 10.1. The highest BCUT2D eigenvalue weighted by atomic mass is 35.5. The largest absolute Gasteiger partial charge is 0.273 e. The lowest BCUT2D eigenvalue weighted by Crippen LogP contribution is -2.44. The van der Waals surface area contributed by atoms with Crippen molar-refractivity contribution in [3.63, 3.8) is 0 Å². The van der Waals surface area contributed by atoms with E-state index in [0.29, 0.717) is 15.6 Å². The second-order valence-electron chi connectivity index (χ2n) is 5.08. The zero-order chi connectivity index (χ0) is 17.0.